The van der Waals surface area contributed by atoms with Crippen molar-refractivity contribution in [2.24, 2.45) is 0 Å². The highest BCUT2D eigenvalue weighted by atomic mass is 16.2. The van der Waals surface area contributed by atoms with Crippen LogP contribution >= 0.6 is 0 Å². The molecule has 1 aliphatic rings. The lowest BCUT2D eigenvalue weighted by molar-refractivity contribution is -0.122. The molecule has 3 rings (SSSR count). The summed E-state index contributed by atoms with van der Waals surface area (Å²) in [5.41, 5.74) is 2.15. The van der Waals surface area contributed by atoms with Gasteiger partial charge < -0.3 is 10.3 Å². The van der Waals surface area contributed by atoms with Crippen molar-refractivity contribution in [1.29, 1.82) is 0 Å². The van der Waals surface area contributed by atoms with Gasteiger partial charge in [0.1, 0.15) is 5.82 Å². The normalized spacial score (nSPS) is 16.7. The van der Waals surface area contributed by atoms with E-state index in [1.54, 1.807) is 0 Å². The first-order chi connectivity index (χ1) is 11.3. The molecule has 1 aliphatic heterocycles. The molecule has 0 unspecified atom stereocenters. The average Bonchev–Trinajstić information content (AvgIpc) is 3.00. The number of likely N-dealkylation sites (tertiary alicyclic amines) is 1. The SMILES string of the molecule is CCCCNC(=O)CN1CCC(c2nc3ccccc3[nH]2)CC1. The first kappa shape index (κ1) is 16.0. The zero-order chi connectivity index (χ0) is 16.1. The second-order valence-electron chi connectivity index (χ2n) is 6.39. The standard InChI is InChI=1S/C18H26N4O/c1-2-3-10-19-17(23)13-22-11-8-14(9-12-22)18-20-15-6-4-5-7-16(15)21-18/h4-7,14H,2-3,8-13H2,1H3,(H,19,23)(H,20,21). The number of rotatable bonds is 6. The van der Waals surface area contributed by atoms with E-state index < -0.39 is 0 Å². The van der Waals surface area contributed by atoms with E-state index in [4.69, 9.17) is 4.98 Å². The largest absolute Gasteiger partial charge is 0.355 e. The number of unbranched alkanes of at least 4 members (excludes halogenated alkanes) is 1. The van der Waals surface area contributed by atoms with Gasteiger partial charge in [0.05, 0.1) is 17.6 Å². The summed E-state index contributed by atoms with van der Waals surface area (Å²) in [7, 11) is 0. The third kappa shape index (κ3) is 4.10. The number of piperidine rings is 1. The van der Waals surface area contributed by atoms with Crippen LogP contribution in [-0.2, 0) is 4.79 Å². The highest BCUT2D eigenvalue weighted by Gasteiger charge is 2.24. The lowest BCUT2D eigenvalue weighted by Gasteiger charge is -2.30. The van der Waals surface area contributed by atoms with Gasteiger partial charge in [0.2, 0.25) is 5.91 Å². The van der Waals surface area contributed by atoms with Crippen molar-refractivity contribution in [3.63, 3.8) is 0 Å². The molecule has 124 valence electrons. The van der Waals surface area contributed by atoms with Crippen LogP contribution in [0.25, 0.3) is 11.0 Å². The number of nitrogens with zero attached hydrogens (tertiary/aromatic N) is 2. The third-order valence-electron chi connectivity index (χ3n) is 4.60. The van der Waals surface area contributed by atoms with Gasteiger partial charge in [-0.3, -0.25) is 9.69 Å². The van der Waals surface area contributed by atoms with E-state index in [1.807, 2.05) is 18.2 Å². The maximum Gasteiger partial charge on any atom is 0.234 e. The number of aromatic amines is 1. The highest BCUT2D eigenvalue weighted by molar-refractivity contribution is 5.78. The van der Waals surface area contributed by atoms with Crippen molar-refractivity contribution in [1.82, 2.24) is 20.2 Å². The van der Waals surface area contributed by atoms with Crippen molar-refractivity contribution in [3.05, 3.63) is 30.1 Å². The number of carbonyl (C=O) groups is 1. The Labute approximate surface area is 137 Å². The number of benzene rings is 1. The van der Waals surface area contributed by atoms with Crippen LogP contribution in [0.15, 0.2) is 24.3 Å². The van der Waals surface area contributed by atoms with Crippen LogP contribution < -0.4 is 5.32 Å². The average molecular weight is 314 g/mol. The third-order valence-corrected chi connectivity index (χ3v) is 4.60. The number of para-hydroxylation sites is 2. The van der Waals surface area contributed by atoms with Crippen LogP contribution in [0.4, 0.5) is 0 Å². The lowest BCUT2D eigenvalue weighted by Crippen LogP contribution is -2.41. The summed E-state index contributed by atoms with van der Waals surface area (Å²) in [5.74, 6) is 1.72. The summed E-state index contributed by atoms with van der Waals surface area (Å²) in [6.45, 7) is 5.38. The predicted molar refractivity (Wildman–Crippen MR) is 92.4 cm³/mol. The van der Waals surface area contributed by atoms with Gasteiger partial charge in [0.15, 0.2) is 0 Å². The van der Waals surface area contributed by atoms with Gasteiger partial charge in [0.25, 0.3) is 0 Å². The Morgan fingerprint density at radius 3 is 2.87 bits per heavy atom. The van der Waals surface area contributed by atoms with Crippen molar-refractivity contribution in [2.75, 3.05) is 26.2 Å². The Morgan fingerprint density at radius 2 is 2.13 bits per heavy atom. The molecule has 2 aromatic rings. The van der Waals surface area contributed by atoms with Crippen LogP contribution in [0.3, 0.4) is 0 Å². The quantitative estimate of drug-likeness (QED) is 0.806. The summed E-state index contributed by atoms with van der Waals surface area (Å²) in [6, 6.07) is 8.17. The minimum absolute atomic E-state index is 0.153. The fourth-order valence-electron chi connectivity index (χ4n) is 3.19. The maximum atomic E-state index is 11.9. The maximum absolute atomic E-state index is 11.9. The molecule has 23 heavy (non-hydrogen) atoms. The van der Waals surface area contributed by atoms with Gasteiger partial charge in [-0.1, -0.05) is 25.5 Å². The first-order valence-corrected chi connectivity index (χ1v) is 8.70. The number of amides is 1. The molecule has 1 amide bonds. The molecule has 0 atom stereocenters. The zero-order valence-electron chi connectivity index (χ0n) is 13.8. The van der Waals surface area contributed by atoms with Gasteiger partial charge in [-0.05, 0) is 44.5 Å². The number of H-pyrrole nitrogens is 1. The van der Waals surface area contributed by atoms with Crippen LogP contribution in [0.2, 0.25) is 0 Å². The van der Waals surface area contributed by atoms with Crippen molar-refractivity contribution >= 4 is 16.9 Å². The first-order valence-electron chi connectivity index (χ1n) is 8.70. The van der Waals surface area contributed by atoms with E-state index in [0.717, 1.165) is 62.2 Å². The molecule has 1 aromatic heterocycles. The molecule has 2 heterocycles. The van der Waals surface area contributed by atoms with Crippen molar-refractivity contribution in [2.45, 2.75) is 38.5 Å². The number of fused-ring (bicyclic) bond motifs is 1. The molecule has 1 fully saturated rings. The fraction of sp³-hybridized carbons (Fsp3) is 0.556. The molecule has 0 spiro atoms. The zero-order valence-corrected chi connectivity index (χ0v) is 13.8. The van der Waals surface area contributed by atoms with Gasteiger partial charge in [-0.2, -0.15) is 0 Å². The number of nitrogens with one attached hydrogen (secondary N) is 2. The van der Waals surface area contributed by atoms with Crippen molar-refractivity contribution in [3.8, 4) is 0 Å². The van der Waals surface area contributed by atoms with Crippen LogP contribution in [0.1, 0.15) is 44.3 Å². The molecule has 5 heteroatoms. The van der Waals surface area contributed by atoms with Crippen LogP contribution in [0, 0.1) is 0 Å². The molecule has 0 aliphatic carbocycles. The number of aromatic nitrogens is 2. The Kier molecular flexibility index (Phi) is 5.28. The molecule has 0 saturated carbocycles. The van der Waals surface area contributed by atoms with E-state index >= 15 is 0 Å². The molecular formula is C18H26N4O. The summed E-state index contributed by atoms with van der Waals surface area (Å²) in [6.07, 6.45) is 4.28. The highest BCUT2D eigenvalue weighted by Crippen LogP contribution is 2.27. The van der Waals surface area contributed by atoms with E-state index in [9.17, 15) is 4.79 Å². The summed E-state index contributed by atoms with van der Waals surface area (Å²) in [4.78, 5) is 22.3. The number of hydrogen-bond acceptors (Lipinski definition) is 3. The minimum atomic E-state index is 0.153. The number of carbonyl (C=O) groups excluding carboxylic acids is 1. The van der Waals surface area contributed by atoms with Gasteiger partial charge in [0, 0.05) is 12.5 Å². The van der Waals surface area contributed by atoms with Crippen LogP contribution in [0.5, 0.6) is 0 Å². The second kappa shape index (κ2) is 7.59. The number of imidazole rings is 1. The molecule has 1 saturated heterocycles. The summed E-state index contributed by atoms with van der Waals surface area (Å²) < 4.78 is 0. The molecular weight excluding hydrogens is 288 g/mol. The fourth-order valence-corrected chi connectivity index (χ4v) is 3.19. The Morgan fingerprint density at radius 1 is 1.35 bits per heavy atom. The topological polar surface area (TPSA) is 61.0 Å². The predicted octanol–water partition coefficient (Wildman–Crippen LogP) is 2.66. The Bertz CT molecular complexity index is 610. The Hall–Kier alpha value is -1.88. The van der Waals surface area contributed by atoms with Crippen molar-refractivity contribution < 1.29 is 4.79 Å². The summed E-state index contributed by atoms with van der Waals surface area (Å²) in [5, 5.41) is 2.99. The van der Waals surface area contributed by atoms with E-state index in [1.165, 1.54) is 0 Å². The Balaban J connectivity index is 1.49. The van der Waals surface area contributed by atoms with Crippen LogP contribution in [-0.4, -0.2) is 47.0 Å². The number of hydrogen-bond donors (Lipinski definition) is 2. The molecule has 0 radical (unpaired) electrons. The lowest BCUT2D eigenvalue weighted by atomic mass is 9.96. The molecule has 0 bridgehead atoms. The second-order valence-corrected chi connectivity index (χ2v) is 6.39. The van der Waals surface area contributed by atoms with E-state index in [0.29, 0.717) is 12.5 Å². The van der Waals surface area contributed by atoms with Gasteiger partial charge in [-0.25, -0.2) is 4.98 Å². The van der Waals surface area contributed by atoms with Gasteiger partial charge in [-0.15, -0.1) is 0 Å². The minimum Gasteiger partial charge on any atom is -0.355 e. The molecule has 2 N–H and O–H groups in total. The summed E-state index contributed by atoms with van der Waals surface area (Å²) >= 11 is 0. The van der Waals surface area contributed by atoms with E-state index in [-0.39, 0.29) is 5.91 Å². The van der Waals surface area contributed by atoms with Gasteiger partial charge >= 0.3 is 0 Å². The monoisotopic (exact) mass is 314 g/mol. The smallest absolute Gasteiger partial charge is 0.234 e. The van der Waals surface area contributed by atoms with E-state index in [2.05, 4.69) is 28.2 Å². The molecule has 1 aromatic carbocycles. The molecule has 5 nitrogen and oxygen atoms in total.